The SMILES string of the molecule is CC1CCCCCN1CC(N)c1cccc(C(F)(F)F)c1. The maximum absolute atomic E-state index is 12.8. The largest absolute Gasteiger partial charge is 0.416 e. The molecule has 1 aromatic rings. The van der Waals surface area contributed by atoms with E-state index in [1.807, 2.05) is 0 Å². The van der Waals surface area contributed by atoms with Crippen molar-refractivity contribution in [2.75, 3.05) is 13.1 Å². The van der Waals surface area contributed by atoms with Crippen LogP contribution in [-0.4, -0.2) is 24.0 Å². The van der Waals surface area contributed by atoms with Gasteiger partial charge in [0.05, 0.1) is 5.56 Å². The molecule has 2 nitrogen and oxygen atoms in total. The number of nitrogens with two attached hydrogens (primary N) is 1. The van der Waals surface area contributed by atoms with Gasteiger partial charge in [-0.2, -0.15) is 13.2 Å². The van der Waals surface area contributed by atoms with Gasteiger partial charge in [-0.1, -0.05) is 25.0 Å². The van der Waals surface area contributed by atoms with Crippen molar-refractivity contribution in [2.45, 2.75) is 50.9 Å². The molecule has 1 aliphatic rings. The van der Waals surface area contributed by atoms with Gasteiger partial charge in [0.25, 0.3) is 0 Å². The molecule has 1 heterocycles. The van der Waals surface area contributed by atoms with Crippen molar-refractivity contribution < 1.29 is 13.2 Å². The van der Waals surface area contributed by atoms with E-state index in [4.69, 9.17) is 5.73 Å². The first-order valence-electron chi connectivity index (χ1n) is 7.54. The van der Waals surface area contributed by atoms with Crippen LogP contribution in [0.3, 0.4) is 0 Å². The summed E-state index contributed by atoms with van der Waals surface area (Å²) in [7, 11) is 0. The third-order valence-corrected chi connectivity index (χ3v) is 4.26. The average molecular weight is 300 g/mol. The summed E-state index contributed by atoms with van der Waals surface area (Å²) < 4.78 is 38.3. The standard InChI is InChI=1S/C16H23F3N2/c1-12-6-3-2-4-9-21(12)11-15(20)13-7-5-8-14(10-13)16(17,18)19/h5,7-8,10,12,15H,2-4,6,9,11,20H2,1H3. The third-order valence-electron chi connectivity index (χ3n) is 4.26. The van der Waals surface area contributed by atoms with Crippen LogP contribution in [-0.2, 0) is 6.18 Å². The first kappa shape index (κ1) is 16.3. The summed E-state index contributed by atoms with van der Waals surface area (Å²) in [5.74, 6) is 0. The van der Waals surface area contributed by atoms with E-state index in [1.54, 1.807) is 6.07 Å². The number of nitrogens with zero attached hydrogens (tertiary/aromatic N) is 1. The van der Waals surface area contributed by atoms with Crippen LogP contribution in [0, 0.1) is 0 Å². The zero-order chi connectivity index (χ0) is 15.5. The summed E-state index contributed by atoms with van der Waals surface area (Å²) >= 11 is 0. The van der Waals surface area contributed by atoms with Crippen LogP contribution in [0.25, 0.3) is 0 Å². The predicted octanol–water partition coefficient (Wildman–Crippen LogP) is 3.97. The van der Waals surface area contributed by atoms with Crippen LogP contribution in [0.15, 0.2) is 24.3 Å². The lowest BCUT2D eigenvalue weighted by Crippen LogP contribution is -2.38. The maximum Gasteiger partial charge on any atom is 0.416 e. The predicted molar refractivity (Wildman–Crippen MR) is 77.9 cm³/mol. The minimum absolute atomic E-state index is 0.382. The monoisotopic (exact) mass is 300 g/mol. The second kappa shape index (κ2) is 6.79. The van der Waals surface area contributed by atoms with Gasteiger partial charge in [0.1, 0.15) is 0 Å². The molecule has 1 aliphatic heterocycles. The van der Waals surface area contributed by atoms with E-state index >= 15 is 0 Å². The Morgan fingerprint density at radius 1 is 1.29 bits per heavy atom. The Morgan fingerprint density at radius 3 is 2.76 bits per heavy atom. The van der Waals surface area contributed by atoms with E-state index in [-0.39, 0.29) is 6.04 Å². The zero-order valence-electron chi connectivity index (χ0n) is 12.4. The Balaban J connectivity index is 2.07. The van der Waals surface area contributed by atoms with E-state index in [0.717, 1.165) is 25.5 Å². The van der Waals surface area contributed by atoms with Gasteiger partial charge in [-0.3, -0.25) is 4.90 Å². The van der Waals surface area contributed by atoms with E-state index in [2.05, 4.69) is 11.8 Å². The molecule has 5 heteroatoms. The Kier molecular flexibility index (Phi) is 5.27. The lowest BCUT2D eigenvalue weighted by Gasteiger charge is -2.29. The minimum atomic E-state index is -4.31. The smallest absolute Gasteiger partial charge is 0.323 e. The van der Waals surface area contributed by atoms with Crippen LogP contribution in [0.2, 0.25) is 0 Å². The lowest BCUT2D eigenvalue weighted by molar-refractivity contribution is -0.137. The van der Waals surface area contributed by atoms with Crippen LogP contribution >= 0.6 is 0 Å². The molecule has 0 radical (unpaired) electrons. The molecule has 0 aliphatic carbocycles. The number of benzene rings is 1. The van der Waals surface area contributed by atoms with Crippen molar-refractivity contribution in [3.05, 3.63) is 35.4 Å². The molecule has 2 N–H and O–H groups in total. The summed E-state index contributed by atoms with van der Waals surface area (Å²) in [4.78, 5) is 2.30. The van der Waals surface area contributed by atoms with Crippen LogP contribution in [0.1, 0.15) is 49.8 Å². The Labute approximate surface area is 124 Å². The highest BCUT2D eigenvalue weighted by Gasteiger charge is 2.31. The highest BCUT2D eigenvalue weighted by molar-refractivity contribution is 5.28. The van der Waals surface area contributed by atoms with Gasteiger partial charge in [-0.25, -0.2) is 0 Å². The fourth-order valence-corrected chi connectivity index (χ4v) is 2.91. The molecular formula is C16H23F3N2. The Morgan fingerprint density at radius 2 is 2.05 bits per heavy atom. The van der Waals surface area contributed by atoms with Gasteiger partial charge in [0.2, 0.25) is 0 Å². The molecule has 118 valence electrons. The second-order valence-electron chi connectivity index (χ2n) is 5.92. The second-order valence-corrected chi connectivity index (χ2v) is 5.92. The van der Waals surface area contributed by atoms with Gasteiger partial charge >= 0.3 is 6.18 Å². The van der Waals surface area contributed by atoms with Crippen molar-refractivity contribution in [2.24, 2.45) is 5.73 Å². The zero-order valence-corrected chi connectivity index (χ0v) is 12.4. The molecule has 2 rings (SSSR count). The topological polar surface area (TPSA) is 29.3 Å². The molecule has 1 fully saturated rings. The van der Waals surface area contributed by atoms with Gasteiger partial charge in [0.15, 0.2) is 0 Å². The molecule has 0 amide bonds. The van der Waals surface area contributed by atoms with E-state index in [0.29, 0.717) is 18.2 Å². The lowest BCUT2D eigenvalue weighted by atomic mass is 10.0. The summed E-state index contributed by atoms with van der Waals surface area (Å²) in [6, 6.07) is 5.45. The molecule has 1 aromatic carbocycles. The highest BCUT2D eigenvalue weighted by Crippen LogP contribution is 2.30. The van der Waals surface area contributed by atoms with Crippen molar-refractivity contribution >= 4 is 0 Å². The van der Waals surface area contributed by atoms with Crippen molar-refractivity contribution in [1.29, 1.82) is 0 Å². The fraction of sp³-hybridized carbons (Fsp3) is 0.625. The molecule has 1 saturated heterocycles. The molecule has 21 heavy (non-hydrogen) atoms. The number of halogens is 3. The van der Waals surface area contributed by atoms with Gasteiger partial charge < -0.3 is 5.73 Å². The fourth-order valence-electron chi connectivity index (χ4n) is 2.91. The molecule has 0 bridgehead atoms. The van der Waals surface area contributed by atoms with Gasteiger partial charge in [-0.05, 0) is 44.0 Å². The van der Waals surface area contributed by atoms with Crippen LogP contribution < -0.4 is 5.73 Å². The molecule has 0 saturated carbocycles. The molecular weight excluding hydrogens is 277 g/mol. The van der Waals surface area contributed by atoms with Crippen molar-refractivity contribution in [3.63, 3.8) is 0 Å². The molecule has 2 atom stereocenters. The highest BCUT2D eigenvalue weighted by atomic mass is 19.4. The number of rotatable bonds is 3. The molecule has 0 aromatic heterocycles. The number of hydrogen-bond donors (Lipinski definition) is 1. The third kappa shape index (κ3) is 4.45. The Bertz CT molecular complexity index is 459. The summed E-state index contributed by atoms with van der Waals surface area (Å²) in [5.41, 5.74) is 6.07. The maximum atomic E-state index is 12.8. The molecule has 2 unspecified atom stereocenters. The first-order chi connectivity index (χ1) is 9.88. The number of alkyl halides is 3. The van der Waals surface area contributed by atoms with E-state index in [9.17, 15) is 13.2 Å². The minimum Gasteiger partial charge on any atom is -0.323 e. The first-order valence-corrected chi connectivity index (χ1v) is 7.54. The number of likely N-dealkylation sites (tertiary alicyclic amines) is 1. The Hall–Kier alpha value is -1.07. The van der Waals surface area contributed by atoms with Crippen LogP contribution in [0.5, 0.6) is 0 Å². The quantitative estimate of drug-likeness (QED) is 0.915. The average Bonchev–Trinajstić information content (AvgIpc) is 2.63. The van der Waals surface area contributed by atoms with Gasteiger partial charge in [-0.15, -0.1) is 0 Å². The summed E-state index contributed by atoms with van der Waals surface area (Å²) in [5, 5.41) is 0. The van der Waals surface area contributed by atoms with E-state index in [1.165, 1.54) is 25.0 Å². The summed E-state index contributed by atoms with van der Waals surface area (Å²) in [6.07, 6.45) is 0.399. The normalized spacial score (nSPS) is 22.8. The van der Waals surface area contributed by atoms with Crippen LogP contribution in [0.4, 0.5) is 13.2 Å². The summed E-state index contributed by atoms with van der Waals surface area (Å²) in [6.45, 7) is 3.76. The number of hydrogen-bond acceptors (Lipinski definition) is 2. The van der Waals surface area contributed by atoms with Gasteiger partial charge in [0, 0.05) is 18.6 Å². The molecule has 0 spiro atoms. The van der Waals surface area contributed by atoms with Crippen molar-refractivity contribution in [3.8, 4) is 0 Å². The van der Waals surface area contributed by atoms with E-state index < -0.39 is 11.7 Å². The van der Waals surface area contributed by atoms with Crippen molar-refractivity contribution in [1.82, 2.24) is 4.90 Å².